The third kappa shape index (κ3) is 2.08. The van der Waals surface area contributed by atoms with E-state index in [1.165, 1.54) is 11.9 Å². The minimum atomic E-state index is -0.868. The Morgan fingerprint density at radius 2 is 2.23 bits per heavy atom. The minimum absolute atomic E-state index is 0.169. The van der Waals surface area contributed by atoms with Crippen LogP contribution in [0.25, 0.3) is 0 Å². The van der Waals surface area contributed by atoms with Gasteiger partial charge in [0, 0.05) is 12.7 Å². The van der Waals surface area contributed by atoms with Gasteiger partial charge in [0.1, 0.15) is 5.76 Å². The predicted molar refractivity (Wildman–Crippen MR) is 52.6 cm³/mol. The van der Waals surface area contributed by atoms with Gasteiger partial charge < -0.3 is 26.4 Å². The van der Waals surface area contributed by atoms with E-state index in [-0.39, 0.29) is 11.7 Å². The fraction of sp³-hybridized carbons (Fsp3) is 0.714. The average Bonchev–Trinajstić information content (AvgIpc) is 2.09. The summed E-state index contributed by atoms with van der Waals surface area (Å²) in [6.07, 6.45) is 0.785. The maximum Gasteiger partial charge on any atom is 0.118 e. The van der Waals surface area contributed by atoms with Gasteiger partial charge >= 0.3 is 0 Å². The van der Waals surface area contributed by atoms with E-state index in [1.807, 2.05) is 6.26 Å². The first-order valence-electron chi connectivity index (χ1n) is 3.98. The van der Waals surface area contributed by atoms with Crippen LogP contribution in [0.3, 0.4) is 0 Å². The summed E-state index contributed by atoms with van der Waals surface area (Å²) in [7, 11) is 0. The fourth-order valence-corrected chi connectivity index (χ4v) is 1.72. The summed E-state index contributed by atoms with van der Waals surface area (Å²) in [5.74, 6) is -0.141. The lowest BCUT2D eigenvalue weighted by atomic mass is 9.83. The summed E-state index contributed by atoms with van der Waals surface area (Å²) in [6, 6.07) is 0. The van der Waals surface area contributed by atoms with E-state index in [4.69, 9.17) is 11.5 Å². The van der Waals surface area contributed by atoms with Crippen LogP contribution in [0, 0.1) is 5.92 Å². The molecule has 1 aliphatic rings. The van der Waals surface area contributed by atoms with Crippen molar-refractivity contribution in [2.75, 3.05) is 6.26 Å². The van der Waals surface area contributed by atoms with Crippen molar-refractivity contribution in [3.63, 3.8) is 0 Å². The van der Waals surface area contributed by atoms with Crippen LogP contribution < -0.4 is 16.2 Å². The molecule has 0 heterocycles. The molecular formula is C7H15N3O2S. The first-order chi connectivity index (χ1) is 6.07. The first kappa shape index (κ1) is 10.6. The molecule has 0 spiro atoms. The van der Waals surface area contributed by atoms with Gasteiger partial charge in [-0.2, -0.15) is 0 Å². The topological polar surface area (TPSA) is 105 Å². The Bertz CT molecular complexity index is 220. The molecule has 0 saturated carbocycles. The number of nitrogens with one attached hydrogen (secondary N) is 1. The van der Waals surface area contributed by atoms with Crippen LogP contribution >= 0.6 is 11.9 Å². The van der Waals surface area contributed by atoms with E-state index in [1.54, 1.807) is 0 Å². The van der Waals surface area contributed by atoms with Crippen LogP contribution in [-0.4, -0.2) is 28.7 Å². The standard InChI is InChI=1S/C7H15N3O2S/c1-13-10-4-2-3(5(4)11)6(12)7(8)9/h3,6-7,10-12H,2,8-9H2,1H3/t3-,6-/m1/s1. The molecule has 0 aromatic rings. The summed E-state index contributed by atoms with van der Waals surface area (Å²) in [5, 5.41) is 18.9. The van der Waals surface area contributed by atoms with Gasteiger partial charge in [0.25, 0.3) is 0 Å². The largest absolute Gasteiger partial charge is 0.510 e. The summed E-state index contributed by atoms with van der Waals surface area (Å²) in [6.45, 7) is 0. The molecule has 0 aliphatic heterocycles. The van der Waals surface area contributed by atoms with Crippen molar-refractivity contribution in [2.45, 2.75) is 18.7 Å². The summed E-state index contributed by atoms with van der Waals surface area (Å²) in [5.41, 5.74) is 11.3. The molecule has 1 rings (SSSR count). The second kappa shape index (κ2) is 4.19. The van der Waals surface area contributed by atoms with E-state index < -0.39 is 12.3 Å². The van der Waals surface area contributed by atoms with Crippen LogP contribution in [0.15, 0.2) is 11.5 Å². The normalized spacial score (nSPS) is 24.5. The van der Waals surface area contributed by atoms with Crippen molar-refractivity contribution in [3.8, 4) is 0 Å². The molecule has 0 amide bonds. The Morgan fingerprint density at radius 1 is 1.62 bits per heavy atom. The number of rotatable bonds is 4. The maximum absolute atomic E-state index is 9.45. The Labute approximate surface area is 81.3 Å². The number of allylic oxidation sites excluding steroid dienone is 1. The van der Waals surface area contributed by atoms with Gasteiger partial charge in [-0.25, -0.2) is 0 Å². The molecule has 0 saturated heterocycles. The number of hydrogen-bond acceptors (Lipinski definition) is 6. The SMILES string of the molecule is CSNC1=C(O)[C@H]([C@@H](O)C(N)N)C1. The molecule has 2 atom stereocenters. The molecule has 7 N–H and O–H groups in total. The molecule has 76 valence electrons. The molecule has 0 radical (unpaired) electrons. The van der Waals surface area contributed by atoms with Crippen LogP contribution in [0.2, 0.25) is 0 Å². The Morgan fingerprint density at radius 3 is 2.62 bits per heavy atom. The lowest BCUT2D eigenvalue weighted by Crippen LogP contribution is -2.50. The highest BCUT2D eigenvalue weighted by molar-refractivity contribution is 7.96. The molecular weight excluding hydrogens is 190 g/mol. The molecule has 0 unspecified atom stereocenters. The quantitative estimate of drug-likeness (QED) is 0.305. The van der Waals surface area contributed by atoms with Gasteiger partial charge in [0.2, 0.25) is 0 Å². The minimum Gasteiger partial charge on any atom is -0.510 e. The van der Waals surface area contributed by atoms with Gasteiger partial charge in [-0.05, 0) is 0 Å². The van der Waals surface area contributed by atoms with Crippen molar-refractivity contribution < 1.29 is 10.2 Å². The van der Waals surface area contributed by atoms with E-state index in [0.717, 1.165) is 5.70 Å². The van der Waals surface area contributed by atoms with Crippen molar-refractivity contribution in [2.24, 2.45) is 17.4 Å². The predicted octanol–water partition coefficient (Wildman–Crippen LogP) is -0.752. The maximum atomic E-state index is 9.45. The highest BCUT2D eigenvalue weighted by atomic mass is 32.2. The Balaban J connectivity index is 2.52. The summed E-state index contributed by atoms with van der Waals surface area (Å²) >= 11 is 1.40. The summed E-state index contributed by atoms with van der Waals surface area (Å²) in [4.78, 5) is 0. The van der Waals surface area contributed by atoms with Gasteiger partial charge in [-0.1, -0.05) is 11.9 Å². The number of aliphatic hydroxyl groups excluding tert-OH is 2. The van der Waals surface area contributed by atoms with Gasteiger partial charge in [-0.15, -0.1) is 0 Å². The first-order valence-corrected chi connectivity index (χ1v) is 5.20. The Hall–Kier alpha value is -0.430. The van der Waals surface area contributed by atoms with Crippen molar-refractivity contribution in [1.82, 2.24) is 4.72 Å². The molecule has 0 bridgehead atoms. The fourth-order valence-electron chi connectivity index (χ4n) is 1.28. The van der Waals surface area contributed by atoms with Crippen molar-refractivity contribution >= 4 is 11.9 Å². The molecule has 0 fully saturated rings. The smallest absolute Gasteiger partial charge is 0.118 e. The van der Waals surface area contributed by atoms with Crippen LogP contribution in [0.4, 0.5) is 0 Å². The molecule has 0 aromatic heterocycles. The van der Waals surface area contributed by atoms with Crippen LogP contribution in [0.5, 0.6) is 0 Å². The second-order valence-corrected chi connectivity index (χ2v) is 3.66. The van der Waals surface area contributed by atoms with E-state index in [0.29, 0.717) is 6.42 Å². The molecule has 1 aliphatic carbocycles. The summed E-state index contributed by atoms with van der Waals surface area (Å²) < 4.78 is 2.91. The zero-order valence-electron chi connectivity index (χ0n) is 7.40. The Kier molecular flexibility index (Phi) is 3.43. The van der Waals surface area contributed by atoms with Crippen molar-refractivity contribution in [1.29, 1.82) is 0 Å². The van der Waals surface area contributed by atoms with E-state index >= 15 is 0 Å². The zero-order chi connectivity index (χ0) is 10.0. The zero-order valence-corrected chi connectivity index (χ0v) is 8.21. The van der Waals surface area contributed by atoms with Gasteiger partial charge in [0.15, 0.2) is 0 Å². The number of nitrogens with two attached hydrogens (primary N) is 2. The third-order valence-electron chi connectivity index (χ3n) is 2.12. The van der Waals surface area contributed by atoms with E-state index in [9.17, 15) is 10.2 Å². The third-order valence-corrected chi connectivity index (χ3v) is 2.57. The van der Waals surface area contributed by atoms with Gasteiger partial charge in [-0.3, -0.25) is 0 Å². The average molecular weight is 205 g/mol. The van der Waals surface area contributed by atoms with Crippen molar-refractivity contribution in [3.05, 3.63) is 11.5 Å². The number of hydrogen-bond donors (Lipinski definition) is 5. The van der Waals surface area contributed by atoms with Crippen LogP contribution in [-0.2, 0) is 0 Å². The lowest BCUT2D eigenvalue weighted by molar-refractivity contribution is 0.0612. The lowest BCUT2D eigenvalue weighted by Gasteiger charge is -2.34. The van der Waals surface area contributed by atoms with Crippen LogP contribution in [0.1, 0.15) is 6.42 Å². The second-order valence-electron chi connectivity index (χ2n) is 3.05. The molecule has 0 aromatic carbocycles. The van der Waals surface area contributed by atoms with E-state index in [2.05, 4.69) is 4.72 Å². The highest BCUT2D eigenvalue weighted by Crippen LogP contribution is 2.34. The van der Waals surface area contributed by atoms with Gasteiger partial charge in [0.05, 0.1) is 23.9 Å². The highest BCUT2D eigenvalue weighted by Gasteiger charge is 2.36. The number of aliphatic hydroxyl groups is 2. The monoisotopic (exact) mass is 205 g/mol. The molecule has 13 heavy (non-hydrogen) atoms. The molecule has 5 nitrogen and oxygen atoms in total. The molecule has 6 heteroatoms.